The van der Waals surface area contributed by atoms with E-state index in [1.54, 1.807) is 11.3 Å². The molecule has 2 amide bonds. The predicted octanol–water partition coefficient (Wildman–Crippen LogP) is 2.10. The number of fused-ring (bicyclic) bond motifs is 1. The lowest BCUT2D eigenvalue weighted by Crippen LogP contribution is -2.46. The van der Waals surface area contributed by atoms with E-state index in [0.29, 0.717) is 5.69 Å². The molecule has 7 nitrogen and oxygen atoms in total. The number of amides is 2. The fourth-order valence-electron chi connectivity index (χ4n) is 2.38. The molecular formula is C18H21N5O2S. The van der Waals surface area contributed by atoms with Crippen LogP contribution in [0.1, 0.15) is 13.8 Å². The van der Waals surface area contributed by atoms with Crippen LogP contribution in [0.5, 0.6) is 0 Å². The number of hydrogen-bond donors (Lipinski definition) is 3. The number of rotatable bonds is 6. The van der Waals surface area contributed by atoms with Gasteiger partial charge in [-0.05, 0) is 18.1 Å². The van der Waals surface area contributed by atoms with E-state index >= 15 is 0 Å². The first-order valence-electron chi connectivity index (χ1n) is 8.30. The van der Waals surface area contributed by atoms with Gasteiger partial charge in [0.25, 0.3) is 0 Å². The van der Waals surface area contributed by atoms with Gasteiger partial charge in [0.15, 0.2) is 4.96 Å². The molecule has 1 atom stereocenters. The van der Waals surface area contributed by atoms with E-state index in [9.17, 15) is 9.59 Å². The zero-order valence-electron chi connectivity index (χ0n) is 14.6. The minimum atomic E-state index is -0.619. The van der Waals surface area contributed by atoms with Gasteiger partial charge in [-0.2, -0.15) is 0 Å². The molecule has 3 aromatic rings. The fourth-order valence-corrected chi connectivity index (χ4v) is 3.08. The van der Waals surface area contributed by atoms with Crippen molar-refractivity contribution in [2.75, 3.05) is 11.9 Å². The number of thiazole rings is 1. The minimum Gasteiger partial charge on any atom is -0.346 e. The van der Waals surface area contributed by atoms with Crippen LogP contribution in [-0.2, 0) is 9.59 Å². The van der Waals surface area contributed by atoms with Gasteiger partial charge in [-0.25, -0.2) is 4.98 Å². The third-order valence-corrected chi connectivity index (χ3v) is 4.77. The SMILES string of the molecule is CC(C)[C@H](N)C(=O)NCC(=O)Nc1ccc(-c2cn3ccsc3n2)cc1. The van der Waals surface area contributed by atoms with Crippen LogP contribution in [-0.4, -0.2) is 33.8 Å². The van der Waals surface area contributed by atoms with E-state index in [-0.39, 0.29) is 24.3 Å². The zero-order valence-corrected chi connectivity index (χ0v) is 15.4. The number of nitrogens with zero attached hydrogens (tertiary/aromatic N) is 2. The maximum Gasteiger partial charge on any atom is 0.243 e. The normalized spacial score (nSPS) is 12.3. The highest BCUT2D eigenvalue weighted by Crippen LogP contribution is 2.23. The Morgan fingerprint density at radius 3 is 2.65 bits per heavy atom. The van der Waals surface area contributed by atoms with Crippen LogP contribution < -0.4 is 16.4 Å². The second-order valence-electron chi connectivity index (χ2n) is 6.33. The Morgan fingerprint density at radius 1 is 1.27 bits per heavy atom. The highest BCUT2D eigenvalue weighted by molar-refractivity contribution is 7.15. The molecule has 0 unspecified atom stereocenters. The number of nitrogens with one attached hydrogen (secondary N) is 2. The van der Waals surface area contributed by atoms with Gasteiger partial charge < -0.3 is 16.4 Å². The summed E-state index contributed by atoms with van der Waals surface area (Å²) in [6.45, 7) is 3.60. The van der Waals surface area contributed by atoms with Crippen molar-refractivity contribution in [2.45, 2.75) is 19.9 Å². The van der Waals surface area contributed by atoms with Crippen LogP contribution in [0.25, 0.3) is 16.2 Å². The van der Waals surface area contributed by atoms with Gasteiger partial charge in [-0.1, -0.05) is 26.0 Å². The van der Waals surface area contributed by atoms with Crippen molar-refractivity contribution in [3.63, 3.8) is 0 Å². The summed E-state index contributed by atoms with van der Waals surface area (Å²) in [5, 5.41) is 7.28. The predicted molar refractivity (Wildman–Crippen MR) is 103 cm³/mol. The Balaban J connectivity index is 1.56. The number of nitrogens with two attached hydrogens (primary N) is 1. The number of carbonyl (C=O) groups excluding carboxylic acids is 2. The molecule has 3 rings (SSSR count). The van der Waals surface area contributed by atoms with E-state index in [0.717, 1.165) is 16.2 Å². The Hall–Kier alpha value is -2.71. The third-order valence-electron chi connectivity index (χ3n) is 4.00. The van der Waals surface area contributed by atoms with E-state index in [1.165, 1.54) is 0 Å². The highest BCUT2D eigenvalue weighted by Gasteiger charge is 2.17. The molecule has 0 aliphatic rings. The highest BCUT2D eigenvalue weighted by atomic mass is 32.1. The molecule has 0 fully saturated rings. The monoisotopic (exact) mass is 371 g/mol. The molecule has 8 heteroatoms. The lowest BCUT2D eigenvalue weighted by molar-refractivity contribution is -0.125. The number of anilines is 1. The summed E-state index contributed by atoms with van der Waals surface area (Å²) in [5.41, 5.74) is 8.24. The second kappa shape index (κ2) is 7.67. The Labute approximate surface area is 155 Å². The van der Waals surface area contributed by atoms with Crippen molar-refractivity contribution >= 4 is 33.8 Å². The molecule has 0 bridgehead atoms. The van der Waals surface area contributed by atoms with Crippen LogP contribution in [0.4, 0.5) is 5.69 Å². The lowest BCUT2D eigenvalue weighted by atomic mass is 10.1. The Kier molecular flexibility index (Phi) is 5.34. The molecule has 0 radical (unpaired) electrons. The van der Waals surface area contributed by atoms with Gasteiger partial charge in [-0.15, -0.1) is 11.3 Å². The van der Waals surface area contributed by atoms with Gasteiger partial charge in [0.1, 0.15) is 0 Å². The Morgan fingerprint density at radius 2 is 2.00 bits per heavy atom. The van der Waals surface area contributed by atoms with Gasteiger partial charge in [-0.3, -0.25) is 14.0 Å². The summed E-state index contributed by atoms with van der Waals surface area (Å²) >= 11 is 1.58. The van der Waals surface area contributed by atoms with E-state index in [2.05, 4.69) is 15.6 Å². The average Bonchev–Trinajstić information content (AvgIpc) is 3.21. The van der Waals surface area contributed by atoms with E-state index in [1.807, 2.05) is 60.3 Å². The first-order valence-corrected chi connectivity index (χ1v) is 9.18. The minimum absolute atomic E-state index is 0.0174. The van der Waals surface area contributed by atoms with Crippen molar-refractivity contribution in [3.05, 3.63) is 42.0 Å². The molecular weight excluding hydrogens is 350 g/mol. The smallest absolute Gasteiger partial charge is 0.243 e. The zero-order chi connectivity index (χ0) is 18.7. The molecule has 2 aromatic heterocycles. The number of imidazole rings is 1. The van der Waals surface area contributed by atoms with E-state index in [4.69, 9.17) is 5.73 Å². The molecule has 0 saturated heterocycles. The number of aromatic nitrogens is 2. The summed E-state index contributed by atoms with van der Waals surface area (Å²) in [5.74, 6) is -0.612. The van der Waals surface area contributed by atoms with Gasteiger partial charge in [0.2, 0.25) is 11.8 Å². The average molecular weight is 371 g/mol. The Bertz CT molecular complexity index is 885. The van der Waals surface area contributed by atoms with Gasteiger partial charge in [0.05, 0.1) is 18.3 Å². The van der Waals surface area contributed by atoms with Crippen LogP contribution in [0.3, 0.4) is 0 Å². The maximum absolute atomic E-state index is 12.0. The lowest BCUT2D eigenvalue weighted by Gasteiger charge is -2.15. The standard InChI is InChI=1S/C18H21N5O2S/c1-11(2)16(19)17(25)20-9-15(24)21-13-5-3-12(4-6-13)14-10-23-7-8-26-18(23)22-14/h3-8,10-11,16H,9,19H2,1-2H3,(H,20,25)(H,21,24)/t16-/m0/s1. The number of carbonyl (C=O) groups is 2. The maximum atomic E-state index is 12.0. The summed E-state index contributed by atoms with van der Waals surface area (Å²) in [4.78, 5) is 29.2. The molecule has 0 aliphatic heterocycles. The molecule has 1 aromatic carbocycles. The molecule has 0 spiro atoms. The molecule has 2 heterocycles. The van der Waals surface area contributed by atoms with Gasteiger partial charge in [0, 0.05) is 29.0 Å². The van der Waals surface area contributed by atoms with Crippen LogP contribution in [0.15, 0.2) is 42.0 Å². The van der Waals surface area contributed by atoms with Crippen molar-refractivity contribution in [2.24, 2.45) is 11.7 Å². The van der Waals surface area contributed by atoms with Crippen LogP contribution >= 0.6 is 11.3 Å². The molecule has 0 saturated carbocycles. The van der Waals surface area contributed by atoms with Crippen LogP contribution in [0.2, 0.25) is 0 Å². The molecule has 136 valence electrons. The van der Waals surface area contributed by atoms with Crippen molar-refractivity contribution in [1.29, 1.82) is 0 Å². The molecule has 26 heavy (non-hydrogen) atoms. The molecule has 0 aliphatic carbocycles. The summed E-state index contributed by atoms with van der Waals surface area (Å²) in [7, 11) is 0. The first kappa shape index (κ1) is 18.1. The van der Waals surface area contributed by atoms with Gasteiger partial charge >= 0.3 is 0 Å². The second-order valence-corrected chi connectivity index (χ2v) is 7.21. The largest absolute Gasteiger partial charge is 0.346 e. The van der Waals surface area contributed by atoms with Crippen molar-refractivity contribution in [3.8, 4) is 11.3 Å². The quantitative estimate of drug-likeness (QED) is 0.617. The third kappa shape index (κ3) is 4.09. The summed E-state index contributed by atoms with van der Waals surface area (Å²) in [6.07, 6.45) is 3.93. The number of benzene rings is 1. The summed E-state index contributed by atoms with van der Waals surface area (Å²) < 4.78 is 1.97. The topological polar surface area (TPSA) is 102 Å². The first-order chi connectivity index (χ1) is 12.4. The number of hydrogen-bond acceptors (Lipinski definition) is 5. The summed E-state index contributed by atoms with van der Waals surface area (Å²) in [6, 6.07) is 6.79. The van der Waals surface area contributed by atoms with Crippen molar-refractivity contribution < 1.29 is 9.59 Å². The fraction of sp³-hybridized carbons (Fsp3) is 0.278. The van der Waals surface area contributed by atoms with Crippen molar-refractivity contribution in [1.82, 2.24) is 14.7 Å². The molecule has 4 N–H and O–H groups in total. The van der Waals surface area contributed by atoms with E-state index < -0.39 is 6.04 Å². The van der Waals surface area contributed by atoms with Crippen LogP contribution in [0, 0.1) is 5.92 Å².